The summed E-state index contributed by atoms with van der Waals surface area (Å²) in [6, 6.07) is 0. The second-order valence-corrected chi connectivity index (χ2v) is 0. The molecular formula is N4Ni3Ti3. The zero-order valence-electron chi connectivity index (χ0n) is 4.24. The normalized spacial score (nSPS) is 0. The molecule has 0 fully saturated rings. The van der Waals surface area contributed by atoms with E-state index in [0.717, 1.165) is 0 Å². The summed E-state index contributed by atoms with van der Waals surface area (Å²) in [4.78, 5) is 0. The summed E-state index contributed by atoms with van der Waals surface area (Å²) in [5.41, 5.74) is 0. The predicted octanol–water partition coefficient (Wildman–Crippen LogP) is 1.14. The van der Waals surface area contributed by atoms with Crippen molar-refractivity contribution in [2.24, 2.45) is 0 Å². The van der Waals surface area contributed by atoms with Gasteiger partial charge in [-0.15, -0.1) is 0 Å². The van der Waals surface area contributed by atoms with Gasteiger partial charge in [0.25, 0.3) is 0 Å². The fourth-order valence-electron chi connectivity index (χ4n) is 0. The molecule has 0 radical (unpaired) electrons. The second kappa shape index (κ2) is 137. The summed E-state index contributed by atoms with van der Waals surface area (Å²) in [5.74, 6) is 0. The van der Waals surface area contributed by atoms with Gasteiger partial charge in [-0.2, -0.15) is 0 Å². The van der Waals surface area contributed by atoms with Gasteiger partial charge < -0.3 is 24.6 Å². The van der Waals surface area contributed by atoms with Crippen molar-refractivity contribution in [3.63, 3.8) is 0 Å². The van der Waals surface area contributed by atoms with Crippen molar-refractivity contribution < 1.29 is 115 Å². The Balaban J connectivity index is 0. The van der Waals surface area contributed by atoms with Crippen LogP contribution in [0.3, 0.4) is 0 Å². The summed E-state index contributed by atoms with van der Waals surface area (Å²) < 4.78 is 0. The molecule has 0 saturated carbocycles. The fraction of sp³-hybridized carbons (Fsp3) is 0. The van der Waals surface area contributed by atoms with Crippen molar-refractivity contribution in [1.82, 2.24) is 0 Å². The SMILES string of the molecule is [N-3].[N-3].[N-3].[N-3].[Ni].[Ni].[Ni].[Ti+4].[Ti+4].[Ti+4]. The summed E-state index contributed by atoms with van der Waals surface area (Å²) in [7, 11) is 0. The zero-order valence-corrected chi connectivity index (χ0v) is 11.9. The first kappa shape index (κ1) is 174. The monoisotopic (exact) mass is 374 g/mol. The quantitative estimate of drug-likeness (QED) is 0.564. The molecule has 0 atom stereocenters. The van der Waals surface area contributed by atoms with Gasteiger partial charge in [-0.05, 0) is 0 Å². The minimum atomic E-state index is 0. The molecule has 0 aliphatic carbocycles. The molecule has 0 rings (SSSR count). The summed E-state index contributed by atoms with van der Waals surface area (Å²) in [6.07, 6.45) is 0. The number of hydrogen-bond donors (Lipinski definition) is 0. The number of nitrogens with zero attached hydrogens (tertiary/aromatic N) is 4. The van der Waals surface area contributed by atoms with E-state index in [4.69, 9.17) is 0 Å². The Morgan fingerprint density at radius 1 is 0.300 bits per heavy atom. The molecule has 62 valence electrons. The summed E-state index contributed by atoms with van der Waals surface area (Å²) >= 11 is 0. The number of rotatable bonds is 0. The maximum Gasteiger partial charge on any atom is 4.00 e. The molecule has 0 aromatic heterocycles. The van der Waals surface area contributed by atoms with Crippen molar-refractivity contribution in [3.8, 4) is 0 Å². The predicted molar refractivity (Wildman–Crippen MR) is 13.4 cm³/mol. The molecule has 0 amide bonds. The smallest absolute Gasteiger partial charge is 3.00 e. The van der Waals surface area contributed by atoms with Crippen molar-refractivity contribution in [3.05, 3.63) is 24.6 Å². The zero-order chi connectivity index (χ0) is 0. The van der Waals surface area contributed by atoms with Crippen LogP contribution in [0.15, 0.2) is 0 Å². The average Bonchev–Trinajstić information content (AvgIpc) is 0. The van der Waals surface area contributed by atoms with E-state index in [2.05, 4.69) is 0 Å². The average molecular weight is 376 g/mol. The van der Waals surface area contributed by atoms with Crippen LogP contribution in [0.5, 0.6) is 0 Å². The minimum absolute atomic E-state index is 0. The molecule has 0 saturated heterocycles. The van der Waals surface area contributed by atoms with Gasteiger partial charge >= 0.3 is 65.2 Å². The third kappa shape index (κ3) is 105. The van der Waals surface area contributed by atoms with E-state index in [9.17, 15) is 0 Å². The second-order valence-electron chi connectivity index (χ2n) is 0. The summed E-state index contributed by atoms with van der Waals surface area (Å²) in [6.45, 7) is 0. The van der Waals surface area contributed by atoms with E-state index >= 15 is 0 Å². The van der Waals surface area contributed by atoms with Gasteiger partial charge in [-0.3, -0.25) is 0 Å². The molecular weight excluding hydrogens is 376 g/mol. The molecule has 0 aliphatic rings. The molecule has 0 N–H and O–H groups in total. The Morgan fingerprint density at radius 2 is 0.300 bits per heavy atom. The van der Waals surface area contributed by atoms with Gasteiger partial charge in [0.05, 0.1) is 0 Å². The summed E-state index contributed by atoms with van der Waals surface area (Å²) in [5, 5.41) is 0. The first-order valence-corrected chi connectivity index (χ1v) is 0. The first-order valence-electron chi connectivity index (χ1n) is 0. The van der Waals surface area contributed by atoms with E-state index in [-0.39, 0.29) is 139 Å². The molecule has 4 nitrogen and oxygen atoms in total. The van der Waals surface area contributed by atoms with Crippen LogP contribution in [-0.2, 0) is 115 Å². The molecule has 0 aliphatic heterocycles. The van der Waals surface area contributed by atoms with Crippen molar-refractivity contribution in [2.75, 3.05) is 0 Å². The van der Waals surface area contributed by atoms with E-state index in [1.165, 1.54) is 0 Å². The standard InChI is InChI=1S/4N.3Ni.3Ti/q4*-3;;;;3*+4. The fourth-order valence-corrected chi connectivity index (χ4v) is 0. The van der Waals surface area contributed by atoms with Crippen molar-refractivity contribution in [2.45, 2.75) is 0 Å². The van der Waals surface area contributed by atoms with Crippen LogP contribution in [0, 0.1) is 0 Å². The van der Waals surface area contributed by atoms with Crippen LogP contribution in [0.1, 0.15) is 0 Å². The topological polar surface area (TPSA) is 122 Å². The van der Waals surface area contributed by atoms with E-state index in [0.29, 0.717) is 0 Å². The maximum atomic E-state index is 0. The van der Waals surface area contributed by atoms with Crippen molar-refractivity contribution >= 4 is 0 Å². The molecule has 10 heteroatoms. The molecule has 0 bridgehead atoms. The molecule has 10 heavy (non-hydrogen) atoms. The molecule has 0 spiro atoms. The molecule has 0 heterocycles. The van der Waals surface area contributed by atoms with E-state index in [1.807, 2.05) is 0 Å². The van der Waals surface area contributed by atoms with Gasteiger partial charge in [0.15, 0.2) is 0 Å². The molecule has 0 aromatic rings. The number of hydrogen-bond acceptors (Lipinski definition) is 0. The van der Waals surface area contributed by atoms with Gasteiger partial charge in [0.1, 0.15) is 0 Å². The Hall–Kier alpha value is 3.46. The largest absolute Gasteiger partial charge is 4.00 e. The molecule has 0 aromatic carbocycles. The Morgan fingerprint density at radius 3 is 0.300 bits per heavy atom. The van der Waals surface area contributed by atoms with Crippen LogP contribution >= 0.6 is 0 Å². The molecule has 0 unspecified atom stereocenters. The third-order valence-corrected chi connectivity index (χ3v) is 0. The minimum Gasteiger partial charge on any atom is -3.00 e. The van der Waals surface area contributed by atoms with Crippen LogP contribution in [0.2, 0.25) is 0 Å². The first-order chi connectivity index (χ1) is 0. The Bertz CT molecular complexity index is 15.7. The van der Waals surface area contributed by atoms with E-state index in [1.54, 1.807) is 0 Å². The van der Waals surface area contributed by atoms with E-state index < -0.39 is 0 Å². The van der Waals surface area contributed by atoms with Gasteiger partial charge in [-0.25, -0.2) is 0 Å². The van der Waals surface area contributed by atoms with Crippen LogP contribution in [0.25, 0.3) is 24.6 Å². The van der Waals surface area contributed by atoms with Crippen molar-refractivity contribution in [1.29, 1.82) is 0 Å². The van der Waals surface area contributed by atoms with Gasteiger partial charge in [0, 0.05) is 49.5 Å². The maximum absolute atomic E-state index is 0. The van der Waals surface area contributed by atoms with Crippen LogP contribution < -0.4 is 0 Å². The van der Waals surface area contributed by atoms with Gasteiger partial charge in [0.2, 0.25) is 0 Å². The Kier molecular flexibility index (Phi) is 2380. The Labute approximate surface area is 137 Å². The van der Waals surface area contributed by atoms with Crippen LogP contribution in [-0.4, -0.2) is 0 Å². The van der Waals surface area contributed by atoms with Crippen LogP contribution in [0.4, 0.5) is 0 Å². The third-order valence-electron chi connectivity index (χ3n) is 0. The van der Waals surface area contributed by atoms with Gasteiger partial charge in [-0.1, -0.05) is 0 Å².